The largest absolute Gasteiger partial charge is 0.311 e. The number of anilines is 6. The Morgan fingerprint density at radius 3 is 1.59 bits per heavy atom. The summed E-state index contributed by atoms with van der Waals surface area (Å²) >= 11 is 1.98. The van der Waals surface area contributed by atoms with Crippen molar-refractivity contribution < 1.29 is 0 Å². The van der Waals surface area contributed by atoms with E-state index in [1.54, 1.807) is 0 Å². The highest BCUT2D eigenvalue weighted by molar-refractivity contribution is 7.26. The Kier molecular flexibility index (Phi) is 8.63. The van der Waals surface area contributed by atoms with Crippen LogP contribution in [0.25, 0.3) is 10.1 Å². The van der Waals surface area contributed by atoms with Gasteiger partial charge < -0.3 is 9.80 Å². The fourth-order valence-electron chi connectivity index (χ4n) is 11.5. The Hall–Kier alpha value is -4.28. The predicted octanol–water partition coefficient (Wildman–Crippen LogP) is 14.6. The standard InChI is InChI=1S/C57H67BN2S/c1-34-28-46-50-47(29-34)60(37-19-16-35(17-20-37)52(2,3)4)51-49(39-30-36(53(5,6)7)18-23-48(39)61-51)58(50)44-32-42-43(57(14,15)27-26-56(42,12)13)33-45(44)59(46)38-21-22-40-41(31-38)55(10,11)25-24-54(40,8)9/h16-23,28-33H,24-27H2,1-15H3. The minimum absolute atomic E-state index is 0.0328. The summed E-state index contributed by atoms with van der Waals surface area (Å²) < 4.78 is 1.36. The number of fused-ring (bicyclic) bond motifs is 8. The fraction of sp³-hybridized carbons (Fsp3) is 0.439. The third-order valence-corrected chi connectivity index (χ3v) is 16.9. The monoisotopic (exact) mass is 823 g/mol. The van der Waals surface area contributed by atoms with E-state index in [0.717, 1.165) is 0 Å². The molecule has 0 atom stereocenters. The molecule has 61 heavy (non-hydrogen) atoms. The molecule has 1 aromatic heterocycles. The first-order valence-corrected chi connectivity index (χ1v) is 24.0. The maximum Gasteiger partial charge on any atom is 0.254 e. The second-order valence-corrected chi connectivity index (χ2v) is 25.2. The Morgan fingerprint density at radius 1 is 0.492 bits per heavy atom. The van der Waals surface area contributed by atoms with Gasteiger partial charge in [-0.1, -0.05) is 133 Å². The summed E-state index contributed by atoms with van der Waals surface area (Å²) in [5.74, 6) is 0. The van der Waals surface area contributed by atoms with Crippen LogP contribution in [-0.2, 0) is 32.5 Å². The highest BCUT2D eigenvalue weighted by Crippen LogP contribution is 2.54. The van der Waals surface area contributed by atoms with Crippen molar-refractivity contribution in [1.82, 2.24) is 0 Å². The minimum Gasteiger partial charge on any atom is -0.311 e. The Morgan fingerprint density at radius 2 is 1.00 bits per heavy atom. The first-order chi connectivity index (χ1) is 28.4. The Labute approximate surface area is 371 Å². The van der Waals surface area contributed by atoms with E-state index >= 15 is 0 Å². The van der Waals surface area contributed by atoms with Crippen molar-refractivity contribution in [2.24, 2.45) is 0 Å². The van der Waals surface area contributed by atoms with Gasteiger partial charge in [-0.3, -0.25) is 0 Å². The molecule has 4 heteroatoms. The molecule has 2 aliphatic heterocycles. The maximum absolute atomic E-state index is 2.70. The van der Waals surface area contributed by atoms with Crippen molar-refractivity contribution in [2.75, 3.05) is 9.80 Å². The van der Waals surface area contributed by atoms with Crippen LogP contribution in [0.2, 0.25) is 0 Å². The highest BCUT2D eigenvalue weighted by Gasteiger charge is 2.48. The van der Waals surface area contributed by atoms with Crippen molar-refractivity contribution in [3.05, 3.63) is 124 Å². The van der Waals surface area contributed by atoms with E-state index in [2.05, 4.69) is 199 Å². The SMILES string of the molecule is Cc1cc2c3c(c1)N(c1ccc(C(C)(C)C)cc1)c1sc4ccc(C(C)(C)C)cc4c1B3c1cc3c(cc1N2c1ccc2c(c1)C(C)(C)CCC2(C)C)C(C)(C)CCC3(C)C. The van der Waals surface area contributed by atoms with Crippen LogP contribution < -0.4 is 26.2 Å². The lowest BCUT2D eigenvalue weighted by molar-refractivity contribution is 0.332. The predicted molar refractivity (Wildman–Crippen MR) is 269 cm³/mol. The van der Waals surface area contributed by atoms with Crippen molar-refractivity contribution in [2.45, 2.75) is 162 Å². The van der Waals surface area contributed by atoms with E-state index in [1.807, 2.05) is 11.3 Å². The van der Waals surface area contributed by atoms with E-state index in [-0.39, 0.29) is 39.2 Å². The van der Waals surface area contributed by atoms with Crippen LogP contribution in [0.1, 0.15) is 162 Å². The van der Waals surface area contributed by atoms with Gasteiger partial charge in [0, 0.05) is 33.1 Å². The van der Waals surface area contributed by atoms with Gasteiger partial charge >= 0.3 is 0 Å². The molecule has 10 rings (SSSR count). The van der Waals surface area contributed by atoms with E-state index in [9.17, 15) is 0 Å². The summed E-state index contributed by atoms with van der Waals surface area (Å²) in [4.78, 5) is 5.34. The minimum atomic E-state index is 0.0328. The molecule has 0 saturated carbocycles. The topological polar surface area (TPSA) is 6.48 Å². The second-order valence-electron chi connectivity index (χ2n) is 24.1. The van der Waals surface area contributed by atoms with Crippen molar-refractivity contribution in [1.29, 1.82) is 0 Å². The van der Waals surface area contributed by atoms with Gasteiger partial charge in [0.2, 0.25) is 0 Å². The molecule has 5 aromatic carbocycles. The van der Waals surface area contributed by atoms with E-state index in [0.29, 0.717) is 0 Å². The van der Waals surface area contributed by atoms with Crippen LogP contribution in [0.15, 0.2) is 84.9 Å². The van der Waals surface area contributed by atoms with Crippen LogP contribution in [0.3, 0.4) is 0 Å². The van der Waals surface area contributed by atoms with Crippen LogP contribution in [-0.4, -0.2) is 6.71 Å². The first kappa shape index (κ1) is 40.8. The average Bonchev–Trinajstić information content (AvgIpc) is 3.55. The summed E-state index contributed by atoms with van der Waals surface area (Å²) in [5.41, 5.74) is 21.5. The quantitative estimate of drug-likeness (QED) is 0.160. The number of hydrogen-bond acceptors (Lipinski definition) is 3. The summed E-state index contributed by atoms with van der Waals surface area (Å²) in [6.45, 7) is 36.2. The normalized spacial score (nSPS) is 19.2. The van der Waals surface area contributed by atoms with Crippen molar-refractivity contribution in [3.8, 4) is 0 Å². The van der Waals surface area contributed by atoms with E-state index in [4.69, 9.17) is 0 Å². The summed E-state index contributed by atoms with van der Waals surface area (Å²) in [6.07, 6.45) is 4.79. The molecular weight excluding hydrogens is 756 g/mol. The van der Waals surface area contributed by atoms with Crippen molar-refractivity contribution >= 4 is 78.0 Å². The van der Waals surface area contributed by atoms with Gasteiger partial charge in [0.1, 0.15) is 0 Å². The summed E-state index contributed by atoms with van der Waals surface area (Å²) in [5, 5.41) is 2.76. The Balaban J connectivity index is 1.34. The van der Waals surface area contributed by atoms with Crippen molar-refractivity contribution in [3.63, 3.8) is 0 Å². The highest BCUT2D eigenvalue weighted by atomic mass is 32.1. The van der Waals surface area contributed by atoms with Gasteiger partial charge in [0.05, 0.1) is 5.00 Å². The number of thiophene rings is 1. The molecule has 2 nitrogen and oxygen atoms in total. The molecule has 6 aromatic rings. The van der Waals surface area contributed by atoms with Gasteiger partial charge in [0.15, 0.2) is 0 Å². The van der Waals surface area contributed by atoms with Crippen LogP contribution >= 0.6 is 11.3 Å². The van der Waals surface area contributed by atoms with Gasteiger partial charge in [-0.2, -0.15) is 0 Å². The number of hydrogen-bond donors (Lipinski definition) is 0. The second kappa shape index (κ2) is 12.9. The molecule has 2 aliphatic carbocycles. The summed E-state index contributed by atoms with van der Waals surface area (Å²) in [7, 11) is 0. The van der Waals surface area contributed by atoms with Gasteiger partial charge in [-0.25, -0.2) is 0 Å². The number of aryl methyl sites for hydroxylation is 1. The fourth-order valence-corrected chi connectivity index (χ4v) is 12.8. The first-order valence-electron chi connectivity index (χ1n) is 23.1. The maximum atomic E-state index is 2.70. The third-order valence-electron chi connectivity index (χ3n) is 15.8. The molecule has 0 spiro atoms. The number of nitrogens with zero attached hydrogens (tertiary/aromatic N) is 2. The Bertz CT molecular complexity index is 2800. The lowest BCUT2D eigenvalue weighted by atomic mass is 9.33. The number of benzene rings is 5. The van der Waals surface area contributed by atoms with Gasteiger partial charge in [0.25, 0.3) is 6.71 Å². The smallest absolute Gasteiger partial charge is 0.254 e. The van der Waals surface area contributed by atoms with Gasteiger partial charge in [-0.05, 0) is 174 Å². The zero-order valence-electron chi connectivity index (χ0n) is 39.8. The molecular formula is C57H67BN2S. The molecule has 0 unspecified atom stereocenters. The number of rotatable bonds is 2. The molecule has 0 fully saturated rings. The zero-order chi connectivity index (χ0) is 43.6. The zero-order valence-corrected chi connectivity index (χ0v) is 40.6. The van der Waals surface area contributed by atoms with E-state index < -0.39 is 0 Å². The van der Waals surface area contributed by atoms with E-state index in [1.165, 1.54) is 125 Å². The van der Waals surface area contributed by atoms with Crippen LogP contribution in [0.5, 0.6) is 0 Å². The molecule has 0 saturated heterocycles. The van der Waals surface area contributed by atoms with Crippen LogP contribution in [0, 0.1) is 6.92 Å². The molecule has 3 heterocycles. The molecule has 314 valence electrons. The molecule has 0 radical (unpaired) electrons. The lowest BCUT2D eigenvalue weighted by Crippen LogP contribution is -2.61. The molecule has 0 bridgehead atoms. The molecule has 0 N–H and O–H groups in total. The summed E-state index contributed by atoms with van der Waals surface area (Å²) in [6, 6.07) is 34.8. The third kappa shape index (κ3) is 6.15. The van der Waals surface area contributed by atoms with Crippen LogP contribution in [0.4, 0.5) is 33.4 Å². The molecule has 0 amide bonds. The lowest BCUT2D eigenvalue weighted by Gasteiger charge is -2.47. The van der Waals surface area contributed by atoms with Gasteiger partial charge in [-0.15, -0.1) is 11.3 Å². The molecule has 4 aliphatic rings. The average molecular weight is 823 g/mol.